The lowest BCUT2D eigenvalue weighted by atomic mass is 10.1. The maximum atomic E-state index is 10.3. The fourth-order valence-corrected chi connectivity index (χ4v) is 0.742. The van der Waals surface area contributed by atoms with Gasteiger partial charge in [0.25, 0.3) is 0 Å². The number of methoxy groups -OCH3 is 2. The van der Waals surface area contributed by atoms with Gasteiger partial charge < -0.3 is 14.3 Å². The van der Waals surface area contributed by atoms with Crippen LogP contribution in [-0.2, 0) is 14.3 Å². The number of ketones is 1. The van der Waals surface area contributed by atoms with Crippen molar-refractivity contribution in [2.75, 3.05) is 27.4 Å². The van der Waals surface area contributed by atoms with Crippen LogP contribution in [0.25, 0.3) is 0 Å². The van der Waals surface area contributed by atoms with Gasteiger partial charge in [-0.05, 0) is 12.8 Å². The fourth-order valence-electron chi connectivity index (χ4n) is 0.742. The summed E-state index contributed by atoms with van der Waals surface area (Å²) in [5.41, 5.74) is 0. The van der Waals surface area contributed by atoms with Crippen LogP contribution in [-0.4, -0.2) is 33.2 Å². The second-order valence-corrected chi connectivity index (χ2v) is 3.29. The molecule has 3 nitrogen and oxygen atoms in total. The third kappa shape index (κ3) is 24.5. The van der Waals surface area contributed by atoms with Gasteiger partial charge >= 0.3 is 0 Å². The molecule has 0 saturated heterocycles. The van der Waals surface area contributed by atoms with Crippen LogP contribution in [0, 0.1) is 5.92 Å². The molecule has 0 heterocycles. The van der Waals surface area contributed by atoms with Gasteiger partial charge in [-0.3, -0.25) is 0 Å². The van der Waals surface area contributed by atoms with E-state index in [-0.39, 0.29) is 5.78 Å². The largest absolute Gasteiger partial charge is 0.382 e. The monoisotopic (exact) mass is 190 g/mol. The van der Waals surface area contributed by atoms with Gasteiger partial charge in [0.2, 0.25) is 0 Å². The first-order chi connectivity index (χ1) is 6.04. The minimum Gasteiger partial charge on any atom is -0.382 e. The summed E-state index contributed by atoms with van der Waals surface area (Å²) < 4.78 is 9.31. The molecule has 0 amide bonds. The predicted molar refractivity (Wildman–Crippen MR) is 53.9 cm³/mol. The molecule has 0 fully saturated rings. The molecule has 0 rings (SSSR count). The Bertz CT molecular complexity index is 107. The number of ether oxygens (including phenoxy) is 2. The normalized spacial score (nSPS) is 9.38. The summed E-state index contributed by atoms with van der Waals surface area (Å²) >= 11 is 0. The highest BCUT2D eigenvalue weighted by atomic mass is 16.5. The van der Waals surface area contributed by atoms with E-state index in [0.29, 0.717) is 19.1 Å². The molecule has 3 heteroatoms. The van der Waals surface area contributed by atoms with Crippen molar-refractivity contribution in [2.45, 2.75) is 27.2 Å². The second-order valence-electron chi connectivity index (χ2n) is 3.29. The van der Waals surface area contributed by atoms with E-state index >= 15 is 0 Å². The van der Waals surface area contributed by atoms with Crippen molar-refractivity contribution in [1.82, 2.24) is 0 Å². The molecule has 0 aliphatic rings. The van der Waals surface area contributed by atoms with E-state index in [0.717, 1.165) is 6.42 Å². The molecule has 0 aromatic heterocycles. The van der Waals surface area contributed by atoms with Gasteiger partial charge in [0, 0.05) is 20.6 Å². The van der Waals surface area contributed by atoms with E-state index in [1.807, 2.05) is 13.8 Å². The van der Waals surface area contributed by atoms with Crippen LogP contribution in [0.5, 0.6) is 0 Å². The molecule has 0 atom stereocenters. The van der Waals surface area contributed by atoms with Crippen LogP contribution in [0.3, 0.4) is 0 Å². The number of carbonyl (C=O) groups excluding carboxylic acids is 1. The summed E-state index contributed by atoms with van der Waals surface area (Å²) in [6.45, 7) is 7.09. The standard InChI is InChI=1S/C6H12O.C4H10O2/c1-5(2)4-6(3)7;1-5-3-4-6-2/h5H,4H2,1-3H3;3-4H2,1-2H3. The van der Waals surface area contributed by atoms with Gasteiger partial charge in [-0.1, -0.05) is 13.8 Å². The Kier molecular flexibility index (Phi) is 13.4. The average Bonchev–Trinajstić information content (AvgIpc) is 1.99. The van der Waals surface area contributed by atoms with Gasteiger partial charge in [-0.15, -0.1) is 0 Å². The maximum Gasteiger partial charge on any atom is 0.130 e. The number of rotatable bonds is 5. The molecule has 0 aromatic carbocycles. The summed E-state index contributed by atoms with van der Waals surface area (Å²) in [6, 6.07) is 0. The van der Waals surface area contributed by atoms with Gasteiger partial charge in [-0.2, -0.15) is 0 Å². The molecule has 0 saturated carbocycles. The molecule has 0 aliphatic carbocycles. The van der Waals surface area contributed by atoms with E-state index in [1.54, 1.807) is 21.1 Å². The van der Waals surface area contributed by atoms with E-state index in [4.69, 9.17) is 0 Å². The highest BCUT2D eigenvalue weighted by Crippen LogP contribution is 1.97. The second kappa shape index (κ2) is 11.6. The third-order valence-electron chi connectivity index (χ3n) is 1.19. The first kappa shape index (κ1) is 15.1. The molecule has 0 unspecified atom stereocenters. The highest BCUT2D eigenvalue weighted by molar-refractivity contribution is 5.75. The first-order valence-electron chi connectivity index (χ1n) is 4.51. The first-order valence-corrected chi connectivity index (χ1v) is 4.51. The summed E-state index contributed by atoms with van der Waals surface area (Å²) in [6.07, 6.45) is 0.722. The quantitative estimate of drug-likeness (QED) is 0.621. The lowest BCUT2D eigenvalue weighted by Gasteiger charge is -1.95. The van der Waals surface area contributed by atoms with Gasteiger partial charge in [0.1, 0.15) is 5.78 Å². The minimum absolute atomic E-state index is 0.287. The van der Waals surface area contributed by atoms with Crippen LogP contribution in [0.4, 0.5) is 0 Å². The van der Waals surface area contributed by atoms with E-state index in [2.05, 4.69) is 9.47 Å². The SMILES string of the molecule is CC(=O)CC(C)C.COCCOC. The molecule has 0 aromatic rings. The Morgan fingerprint density at radius 3 is 1.62 bits per heavy atom. The Labute approximate surface area is 81.4 Å². The number of hydrogen-bond donors (Lipinski definition) is 0. The number of carbonyl (C=O) groups is 1. The average molecular weight is 190 g/mol. The molecular weight excluding hydrogens is 168 g/mol. The van der Waals surface area contributed by atoms with Crippen molar-refractivity contribution >= 4 is 5.78 Å². The fraction of sp³-hybridized carbons (Fsp3) is 0.900. The van der Waals surface area contributed by atoms with Crippen LogP contribution in [0.1, 0.15) is 27.2 Å². The van der Waals surface area contributed by atoms with Gasteiger partial charge in [0.15, 0.2) is 0 Å². The Balaban J connectivity index is 0. The van der Waals surface area contributed by atoms with Crippen molar-refractivity contribution in [1.29, 1.82) is 0 Å². The predicted octanol–water partition coefficient (Wildman–Crippen LogP) is 1.90. The van der Waals surface area contributed by atoms with Crippen molar-refractivity contribution in [3.8, 4) is 0 Å². The van der Waals surface area contributed by atoms with Crippen molar-refractivity contribution in [3.63, 3.8) is 0 Å². The topological polar surface area (TPSA) is 35.5 Å². The van der Waals surface area contributed by atoms with Crippen LogP contribution >= 0.6 is 0 Å². The van der Waals surface area contributed by atoms with E-state index in [9.17, 15) is 4.79 Å². The van der Waals surface area contributed by atoms with Crippen molar-refractivity contribution < 1.29 is 14.3 Å². The Morgan fingerprint density at radius 1 is 1.15 bits per heavy atom. The molecule has 0 bridgehead atoms. The summed E-state index contributed by atoms with van der Waals surface area (Å²) in [5.74, 6) is 0.813. The molecule has 0 spiro atoms. The van der Waals surface area contributed by atoms with Crippen LogP contribution in [0.2, 0.25) is 0 Å². The smallest absolute Gasteiger partial charge is 0.130 e. The van der Waals surface area contributed by atoms with Gasteiger partial charge in [0.05, 0.1) is 13.2 Å². The van der Waals surface area contributed by atoms with E-state index < -0.39 is 0 Å². The summed E-state index contributed by atoms with van der Waals surface area (Å²) in [7, 11) is 3.30. The Hall–Kier alpha value is -0.410. The Morgan fingerprint density at radius 2 is 1.54 bits per heavy atom. The zero-order valence-electron chi connectivity index (χ0n) is 9.42. The molecular formula is C10H22O3. The maximum absolute atomic E-state index is 10.3. The molecule has 0 N–H and O–H groups in total. The molecule has 0 radical (unpaired) electrons. The molecule has 0 aliphatic heterocycles. The zero-order valence-corrected chi connectivity index (χ0v) is 9.42. The number of hydrogen-bond acceptors (Lipinski definition) is 3. The zero-order chi connectivity index (χ0) is 10.7. The van der Waals surface area contributed by atoms with Crippen molar-refractivity contribution in [2.24, 2.45) is 5.92 Å². The number of Topliss-reactive ketones (excluding diaryl/α,β-unsaturated/α-hetero) is 1. The lowest BCUT2D eigenvalue weighted by Crippen LogP contribution is -1.96. The molecule has 80 valence electrons. The van der Waals surface area contributed by atoms with Crippen molar-refractivity contribution in [3.05, 3.63) is 0 Å². The summed E-state index contributed by atoms with van der Waals surface area (Å²) in [5, 5.41) is 0. The van der Waals surface area contributed by atoms with Crippen LogP contribution < -0.4 is 0 Å². The summed E-state index contributed by atoms with van der Waals surface area (Å²) in [4.78, 5) is 10.3. The highest BCUT2D eigenvalue weighted by Gasteiger charge is 1.95. The van der Waals surface area contributed by atoms with Crippen LogP contribution in [0.15, 0.2) is 0 Å². The minimum atomic E-state index is 0.287. The molecule has 13 heavy (non-hydrogen) atoms. The lowest BCUT2D eigenvalue weighted by molar-refractivity contribution is -0.117. The third-order valence-corrected chi connectivity index (χ3v) is 1.19. The van der Waals surface area contributed by atoms with E-state index in [1.165, 1.54) is 0 Å². The van der Waals surface area contributed by atoms with Gasteiger partial charge in [-0.25, -0.2) is 0 Å².